The second kappa shape index (κ2) is 6.83. The van der Waals surface area contributed by atoms with Crippen LogP contribution in [-0.4, -0.2) is 52.5 Å². The van der Waals surface area contributed by atoms with Crippen molar-refractivity contribution in [1.82, 2.24) is 10.2 Å². The SMILES string of the molecule is CC(C)(C)OC(=O)N1CC2CC(NCCCC3(O)CCC3)CC1C2. The van der Waals surface area contributed by atoms with E-state index in [0.29, 0.717) is 18.0 Å². The van der Waals surface area contributed by atoms with Crippen molar-refractivity contribution in [2.75, 3.05) is 13.1 Å². The molecule has 3 unspecified atom stereocenters. The van der Waals surface area contributed by atoms with E-state index in [2.05, 4.69) is 5.32 Å². The second-order valence-electron chi connectivity index (χ2n) is 9.19. The van der Waals surface area contributed by atoms with Crippen LogP contribution in [0.3, 0.4) is 0 Å². The van der Waals surface area contributed by atoms with Crippen molar-refractivity contribution in [3.05, 3.63) is 0 Å². The van der Waals surface area contributed by atoms with Crippen LogP contribution in [0.4, 0.5) is 4.79 Å². The van der Waals surface area contributed by atoms with Gasteiger partial charge in [-0.05, 0) is 84.6 Å². The number of hydrogen-bond donors (Lipinski definition) is 2. The smallest absolute Gasteiger partial charge is 0.410 e. The summed E-state index contributed by atoms with van der Waals surface area (Å²) in [7, 11) is 0. The standard InChI is InChI=1S/C19H34N2O3/c1-18(2,3)24-17(22)21-13-14-10-15(12-16(21)11-14)20-9-5-8-19(23)6-4-7-19/h14-16,20,23H,4-13H2,1-3H3. The zero-order chi connectivity index (χ0) is 17.4. The number of rotatable bonds is 5. The van der Waals surface area contributed by atoms with Gasteiger partial charge in [-0.15, -0.1) is 0 Å². The molecule has 24 heavy (non-hydrogen) atoms. The minimum atomic E-state index is -0.423. The summed E-state index contributed by atoms with van der Waals surface area (Å²) >= 11 is 0. The fourth-order valence-corrected chi connectivity index (χ4v) is 4.50. The van der Waals surface area contributed by atoms with Crippen molar-refractivity contribution >= 4 is 6.09 Å². The molecule has 2 aliphatic carbocycles. The minimum Gasteiger partial charge on any atom is -0.444 e. The molecule has 0 radical (unpaired) electrons. The van der Waals surface area contributed by atoms with E-state index in [-0.39, 0.29) is 11.7 Å². The van der Waals surface area contributed by atoms with Gasteiger partial charge in [-0.25, -0.2) is 4.79 Å². The third-order valence-corrected chi connectivity index (χ3v) is 5.84. The van der Waals surface area contributed by atoms with Gasteiger partial charge in [-0.2, -0.15) is 0 Å². The van der Waals surface area contributed by atoms with Crippen LogP contribution in [0.2, 0.25) is 0 Å². The van der Waals surface area contributed by atoms with Crippen LogP contribution < -0.4 is 5.32 Å². The molecule has 1 aliphatic heterocycles. The first kappa shape index (κ1) is 18.0. The van der Waals surface area contributed by atoms with Crippen LogP contribution in [0.25, 0.3) is 0 Å². The lowest BCUT2D eigenvalue weighted by Crippen LogP contribution is -2.43. The Morgan fingerprint density at radius 1 is 1.29 bits per heavy atom. The highest BCUT2D eigenvalue weighted by atomic mass is 16.6. The Morgan fingerprint density at radius 2 is 2.04 bits per heavy atom. The van der Waals surface area contributed by atoms with Gasteiger partial charge in [-0.1, -0.05) is 0 Å². The highest BCUT2D eigenvalue weighted by molar-refractivity contribution is 5.69. The molecule has 1 saturated heterocycles. The molecule has 1 heterocycles. The summed E-state index contributed by atoms with van der Waals surface area (Å²) in [6.45, 7) is 7.59. The zero-order valence-electron chi connectivity index (χ0n) is 15.5. The van der Waals surface area contributed by atoms with Crippen LogP contribution >= 0.6 is 0 Å². The molecule has 0 aromatic rings. The zero-order valence-corrected chi connectivity index (χ0v) is 15.5. The first-order valence-corrected chi connectivity index (χ1v) is 9.69. The molecule has 3 atom stereocenters. The average molecular weight is 338 g/mol. The Morgan fingerprint density at radius 3 is 2.67 bits per heavy atom. The Hall–Kier alpha value is -0.810. The van der Waals surface area contributed by atoms with Crippen molar-refractivity contribution in [2.24, 2.45) is 5.92 Å². The number of amides is 1. The van der Waals surface area contributed by atoms with Gasteiger partial charge in [-0.3, -0.25) is 0 Å². The number of ether oxygens (including phenoxy) is 1. The molecule has 2 saturated carbocycles. The van der Waals surface area contributed by atoms with Gasteiger partial charge in [0.1, 0.15) is 5.60 Å². The summed E-state index contributed by atoms with van der Waals surface area (Å²) in [4.78, 5) is 14.3. The predicted molar refractivity (Wildman–Crippen MR) is 93.9 cm³/mol. The highest BCUT2D eigenvalue weighted by Crippen LogP contribution is 2.37. The largest absolute Gasteiger partial charge is 0.444 e. The summed E-state index contributed by atoms with van der Waals surface area (Å²) in [5, 5.41) is 13.8. The molecule has 5 nitrogen and oxygen atoms in total. The fourth-order valence-electron chi connectivity index (χ4n) is 4.50. The first-order valence-electron chi connectivity index (χ1n) is 9.69. The molecular formula is C19H34N2O3. The van der Waals surface area contributed by atoms with Gasteiger partial charge in [0.05, 0.1) is 5.60 Å². The van der Waals surface area contributed by atoms with Gasteiger partial charge >= 0.3 is 6.09 Å². The molecule has 0 spiro atoms. The summed E-state index contributed by atoms with van der Waals surface area (Å²) < 4.78 is 5.56. The summed E-state index contributed by atoms with van der Waals surface area (Å²) in [6.07, 6.45) is 8.24. The molecule has 3 aliphatic rings. The molecule has 0 aromatic heterocycles. The van der Waals surface area contributed by atoms with Crippen LogP contribution in [0.1, 0.15) is 72.1 Å². The number of nitrogens with one attached hydrogen (secondary N) is 1. The van der Waals surface area contributed by atoms with Gasteiger partial charge in [0.25, 0.3) is 0 Å². The van der Waals surface area contributed by atoms with E-state index < -0.39 is 5.60 Å². The van der Waals surface area contributed by atoms with Crippen LogP contribution in [0.15, 0.2) is 0 Å². The summed E-state index contributed by atoms with van der Waals surface area (Å²) in [6, 6.07) is 0.823. The van der Waals surface area contributed by atoms with E-state index in [0.717, 1.165) is 58.0 Å². The maximum Gasteiger partial charge on any atom is 0.410 e. The number of aliphatic hydroxyl groups is 1. The van der Waals surface area contributed by atoms with E-state index in [1.807, 2.05) is 25.7 Å². The fraction of sp³-hybridized carbons (Fsp3) is 0.947. The van der Waals surface area contributed by atoms with Crippen molar-refractivity contribution in [1.29, 1.82) is 0 Å². The molecule has 0 aromatic carbocycles. The maximum absolute atomic E-state index is 12.4. The van der Waals surface area contributed by atoms with Gasteiger partial charge in [0.2, 0.25) is 0 Å². The van der Waals surface area contributed by atoms with Crippen molar-refractivity contribution < 1.29 is 14.6 Å². The maximum atomic E-state index is 12.4. The Bertz CT molecular complexity index is 456. The average Bonchev–Trinajstić information content (AvgIpc) is 2.75. The van der Waals surface area contributed by atoms with E-state index >= 15 is 0 Å². The minimum absolute atomic E-state index is 0.150. The van der Waals surface area contributed by atoms with E-state index in [1.165, 1.54) is 6.42 Å². The molecule has 2 bridgehead atoms. The number of carbonyl (C=O) groups is 1. The lowest BCUT2D eigenvalue weighted by molar-refractivity contribution is -0.0415. The number of carbonyl (C=O) groups excluding carboxylic acids is 1. The Balaban J connectivity index is 1.41. The molecule has 138 valence electrons. The number of hydrogen-bond acceptors (Lipinski definition) is 4. The van der Waals surface area contributed by atoms with Gasteiger partial charge in [0, 0.05) is 18.6 Å². The number of nitrogens with zero attached hydrogens (tertiary/aromatic N) is 1. The van der Waals surface area contributed by atoms with E-state index in [4.69, 9.17) is 4.74 Å². The van der Waals surface area contributed by atoms with Crippen molar-refractivity contribution in [3.63, 3.8) is 0 Å². The molecule has 3 rings (SSSR count). The van der Waals surface area contributed by atoms with Crippen LogP contribution in [0, 0.1) is 5.92 Å². The molecular weight excluding hydrogens is 304 g/mol. The lowest BCUT2D eigenvalue weighted by Gasteiger charge is -2.37. The van der Waals surface area contributed by atoms with Crippen LogP contribution in [-0.2, 0) is 4.74 Å². The van der Waals surface area contributed by atoms with E-state index in [1.54, 1.807) is 0 Å². The Kier molecular flexibility index (Phi) is 5.12. The summed E-state index contributed by atoms with van der Waals surface area (Å²) in [5.41, 5.74) is -0.784. The third-order valence-electron chi connectivity index (χ3n) is 5.84. The highest BCUT2D eigenvalue weighted by Gasteiger charge is 2.42. The third kappa shape index (κ3) is 4.42. The van der Waals surface area contributed by atoms with Gasteiger partial charge in [0.15, 0.2) is 0 Å². The summed E-state index contributed by atoms with van der Waals surface area (Å²) in [5.74, 6) is 0.601. The van der Waals surface area contributed by atoms with E-state index in [9.17, 15) is 9.90 Å². The Labute approximate surface area is 146 Å². The second-order valence-corrected chi connectivity index (χ2v) is 9.19. The van der Waals surface area contributed by atoms with Gasteiger partial charge < -0.3 is 20.1 Å². The molecule has 1 amide bonds. The monoisotopic (exact) mass is 338 g/mol. The number of likely N-dealkylation sites (tertiary alicyclic amines) is 1. The lowest BCUT2D eigenvalue weighted by atomic mass is 9.77. The normalized spacial score (nSPS) is 31.7. The number of fused-ring (bicyclic) bond motifs is 2. The van der Waals surface area contributed by atoms with Crippen LogP contribution in [0.5, 0.6) is 0 Å². The van der Waals surface area contributed by atoms with Crippen molar-refractivity contribution in [3.8, 4) is 0 Å². The molecule has 5 heteroatoms. The molecule has 3 fully saturated rings. The topological polar surface area (TPSA) is 61.8 Å². The quantitative estimate of drug-likeness (QED) is 0.756. The predicted octanol–water partition coefficient (Wildman–Crippen LogP) is 3.06. The molecule has 2 N–H and O–H groups in total. The van der Waals surface area contributed by atoms with Crippen molar-refractivity contribution in [2.45, 2.75) is 95.4 Å². The first-order chi connectivity index (χ1) is 11.2.